The molecule has 0 bridgehead atoms. The highest BCUT2D eigenvalue weighted by Crippen LogP contribution is 2.12. The number of aryl methyl sites for hydroxylation is 1. The molecule has 0 saturated carbocycles. The molecule has 0 saturated heterocycles. The third kappa shape index (κ3) is 2.87. The molecule has 1 aromatic heterocycles. The fourth-order valence-electron chi connectivity index (χ4n) is 1.53. The third-order valence-electron chi connectivity index (χ3n) is 2.61. The molecule has 2 aromatic rings. The molecule has 0 aliphatic carbocycles. The highest BCUT2D eigenvalue weighted by molar-refractivity contribution is 7.03. The van der Waals surface area contributed by atoms with Crippen molar-refractivity contribution >= 4 is 17.4 Å². The number of carbonyl (C=O) groups is 1. The zero-order chi connectivity index (χ0) is 13.0. The predicted molar refractivity (Wildman–Crippen MR) is 71.0 cm³/mol. The van der Waals surface area contributed by atoms with Gasteiger partial charge in [0.2, 0.25) is 0 Å². The lowest BCUT2D eigenvalue weighted by Gasteiger charge is -2.05. The summed E-state index contributed by atoms with van der Waals surface area (Å²) in [6, 6.07) is 7.60. The van der Waals surface area contributed by atoms with Crippen molar-refractivity contribution in [3.05, 3.63) is 46.5 Å². The van der Waals surface area contributed by atoms with E-state index in [0.29, 0.717) is 12.1 Å². The first kappa shape index (κ1) is 12.6. The Balaban J connectivity index is 1.95. The largest absolute Gasteiger partial charge is 0.497 e. The van der Waals surface area contributed by atoms with Crippen LogP contribution in [-0.2, 0) is 6.54 Å². The van der Waals surface area contributed by atoms with Crippen molar-refractivity contribution in [1.29, 1.82) is 0 Å². The predicted octanol–water partition coefficient (Wildman–Crippen LogP) is 2.39. The van der Waals surface area contributed by atoms with E-state index in [2.05, 4.69) is 9.69 Å². The first-order chi connectivity index (χ1) is 8.70. The van der Waals surface area contributed by atoms with Gasteiger partial charge in [0.05, 0.1) is 18.4 Å². The topological polar surface area (TPSA) is 51.2 Å². The molecule has 2 rings (SSSR count). The number of ether oxygens (including phenoxy) is 1. The van der Waals surface area contributed by atoms with E-state index < -0.39 is 0 Å². The average Bonchev–Trinajstić information content (AvgIpc) is 2.83. The van der Waals surface area contributed by atoms with Crippen molar-refractivity contribution < 1.29 is 9.53 Å². The lowest BCUT2D eigenvalue weighted by Crippen LogP contribution is -2.22. The second kappa shape index (κ2) is 5.64. The highest BCUT2D eigenvalue weighted by atomic mass is 32.1. The van der Waals surface area contributed by atoms with Gasteiger partial charge in [0.25, 0.3) is 5.91 Å². The first-order valence-corrected chi connectivity index (χ1v) is 6.36. The van der Waals surface area contributed by atoms with Crippen molar-refractivity contribution in [2.24, 2.45) is 0 Å². The summed E-state index contributed by atoms with van der Waals surface area (Å²) in [5.74, 6) is 0.722. The van der Waals surface area contributed by atoms with Crippen LogP contribution in [0.2, 0.25) is 0 Å². The van der Waals surface area contributed by atoms with E-state index >= 15 is 0 Å². The third-order valence-corrected chi connectivity index (χ3v) is 3.33. The van der Waals surface area contributed by atoms with E-state index in [1.54, 1.807) is 12.5 Å². The van der Waals surface area contributed by atoms with Crippen LogP contribution in [0.5, 0.6) is 5.75 Å². The molecular weight excluding hydrogens is 248 g/mol. The van der Waals surface area contributed by atoms with E-state index in [1.807, 2.05) is 31.2 Å². The van der Waals surface area contributed by atoms with Crippen molar-refractivity contribution in [1.82, 2.24) is 9.69 Å². The van der Waals surface area contributed by atoms with Gasteiger partial charge in [-0.15, -0.1) is 0 Å². The average molecular weight is 262 g/mol. The summed E-state index contributed by atoms with van der Waals surface area (Å²) in [4.78, 5) is 11.9. The van der Waals surface area contributed by atoms with Gasteiger partial charge < -0.3 is 10.1 Å². The molecule has 0 fully saturated rings. The Bertz CT molecular complexity index is 534. The van der Waals surface area contributed by atoms with Gasteiger partial charge in [-0.3, -0.25) is 4.79 Å². The summed E-state index contributed by atoms with van der Waals surface area (Å²) < 4.78 is 9.15. The lowest BCUT2D eigenvalue weighted by atomic mass is 10.2. The van der Waals surface area contributed by atoms with Gasteiger partial charge in [0.1, 0.15) is 5.75 Å². The van der Waals surface area contributed by atoms with Crippen molar-refractivity contribution in [2.75, 3.05) is 7.11 Å². The number of aromatic nitrogens is 1. The minimum atomic E-state index is -0.0860. The van der Waals surface area contributed by atoms with Gasteiger partial charge in [-0.25, -0.2) is 0 Å². The summed E-state index contributed by atoms with van der Waals surface area (Å²) in [6.07, 6.45) is 0. The molecule has 1 N–H and O–H groups in total. The van der Waals surface area contributed by atoms with Crippen molar-refractivity contribution in [2.45, 2.75) is 13.5 Å². The van der Waals surface area contributed by atoms with Crippen LogP contribution in [0.4, 0.5) is 0 Å². The maximum absolute atomic E-state index is 11.9. The molecular formula is C13H14N2O2S. The maximum atomic E-state index is 11.9. The zero-order valence-electron chi connectivity index (χ0n) is 10.3. The summed E-state index contributed by atoms with van der Waals surface area (Å²) in [7, 11) is 1.63. The SMILES string of the molecule is COc1ccc(CNC(=O)c2csnc2C)cc1. The van der Waals surface area contributed by atoms with Crippen LogP contribution in [0.3, 0.4) is 0 Å². The Hall–Kier alpha value is -1.88. The minimum Gasteiger partial charge on any atom is -0.497 e. The maximum Gasteiger partial charge on any atom is 0.254 e. The monoisotopic (exact) mass is 262 g/mol. The molecule has 5 heteroatoms. The molecule has 1 amide bonds. The number of carbonyl (C=O) groups excluding carboxylic acids is 1. The van der Waals surface area contributed by atoms with Gasteiger partial charge >= 0.3 is 0 Å². The number of benzene rings is 1. The molecule has 0 aliphatic rings. The zero-order valence-corrected chi connectivity index (χ0v) is 11.1. The molecule has 1 heterocycles. The van der Waals surface area contributed by atoms with Crippen LogP contribution in [0.1, 0.15) is 21.6 Å². The van der Waals surface area contributed by atoms with Gasteiger partial charge in [-0.1, -0.05) is 12.1 Å². The van der Waals surface area contributed by atoms with Crippen molar-refractivity contribution in [3.8, 4) is 5.75 Å². The Morgan fingerprint density at radius 3 is 2.67 bits per heavy atom. The number of nitrogens with one attached hydrogen (secondary N) is 1. The molecule has 0 spiro atoms. The molecule has 0 unspecified atom stereocenters. The Morgan fingerprint density at radius 1 is 1.39 bits per heavy atom. The van der Waals surface area contributed by atoms with Gasteiger partial charge in [-0.2, -0.15) is 4.37 Å². The number of hydrogen-bond acceptors (Lipinski definition) is 4. The molecule has 94 valence electrons. The smallest absolute Gasteiger partial charge is 0.254 e. The molecule has 4 nitrogen and oxygen atoms in total. The molecule has 0 atom stereocenters. The van der Waals surface area contributed by atoms with Crippen LogP contribution in [0, 0.1) is 6.92 Å². The Morgan fingerprint density at radius 2 is 2.11 bits per heavy atom. The summed E-state index contributed by atoms with van der Waals surface area (Å²) in [5.41, 5.74) is 2.45. The van der Waals surface area contributed by atoms with Crippen LogP contribution in [-0.4, -0.2) is 17.4 Å². The van der Waals surface area contributed by atoms with E-state index in [-0.39, 0.29) is 5.91 Å². The number of rotatable bonds is 4. The first-order valence-electron chi connectivity index (χ1n) is 5.53. The van der Waals surface area contributed by atoms with Gasteiger partial charge in [0.15, 0.2) is 0 Å². The standard InChI is InChI=1S/C13H14N2O2S/c1-9-12(8-18-15-9)13(16)14-7-10-3-5-11(17-2)6-4-10/h3-6,8H,7H2,1-2H3,(H,14,16). The minimum absolute atomic E-state index is 0.0860. The number of nitrogens with zero attached hydrogens (tertiary/aromatic N) is 1. The Labute approximate surface area is 110 Å². The fraction of sp³-hybridized carbons (Fsp3) is 0.231. The summed E-state index contributed by atoms with van der Waals surface area (Å²) in [5, 5.41) is 4.63. The van der Waals surface area contributed by atoms with E-state index in [4.69, 9.17) is 4.74 Å². The van der Waals surface area contributed by atoms with Crippen LogP contribution in [0.15, 0.2) is 29.6 Å². The number of amides is 1. The second-order valence-corrected chi connectivity index (χ2v) is 4.47. The lowest BCUT2D eigenvalue weighted by molar-refractivity contribution is 0.0950. The Kier molecular flexibility index (Phi) is 3.94. The quantitative estimate of drug-likeness (QED) is 0.920. The highest BCUT2D eigenvalue weighted by Gasteiger charge is 2.10. The van der Waals surface area contributed by atoms with E-state index in [9.17, 15) is 4.79 Å². The molecule has 18 heavy (non-hydrogen) atoms. The van der Waals surface area contributed by atoms with Crippen LogP contribution >= 0.6 is 11.5 Å². The van der Waals surface area contributed by atoms with Gasteiger partial charge in [-0.05, 0) is 36.2 Å². The number of hydrogen-bond donors (Lipinski definition) is 1. The normalized spacial score (nSPS) is 10.1. The second-order valence-electron chi connectivity index (χ2n) is 3.84. The number of methoxy groups -OCH3 is 1. The molecule has 0 radical (unpaired) electrons. The van der Waals surface area contributed by atoms with Crippen molar-refractivity contribution in [3.63, 3.8) is 0 Å². The van der Waals surface area contributed by atoms with Crippen LogP contribution in [0.25, 0.3) is 0 Å². The van der Waals surface area contributed by atoms with E-state index in [1.165, 1.54) is 11.5 Å². The summed E-state index contributed by atoms with van der Waals surface area (Å²) in [6.45, 7) is 2.33. The summed E-state index contributed by atoms with van der Waals surface area (Å²) >= 11 is 1.29. The van der Waals surface area contributed by atoms with Crippen LogP contribution < -0.4 is 10.1 Å². The fourth-order valence-corrected chi connectivity index (χ4v) is 2.22. The molecule has 1 aromatic carbocycles. The molecule has 0 aliphatic heterocycles. The van der Waals surface area contributed by atoms with E-state index in [0.717, 1.165) is 17.0 Å². The van der Waals surface area contributed by atoms with Gasteiger partial charge in [0, 0.05) is 11.9 Å².